The third kappa shape index (κ3) is 4.66. The summed E-state index contributed by atoms with van der Waals surface area (Å²) in [6.07, 6.45) is 1.59. The zero-order valence-corrected chi connectivity index (χ0v) is 16.5. The van der Waals surface area contributed by atoms with E-state index in [-0.39, 0.29) is 24.3 Å². The van der Waals surface area contributed by atoms with Crippen LogP contribution in [0.25, 0.3) is 0 Å². The summed E-state index contributed by atoms with van der Waals surface area (Å²) >= 11 is 0. The van der Waals surface area contributed by atoms with Crippen molar-refractivity contribution in [2.24, 2.45) is 0 Å². The van der Waals surface area contributed by atoms with Gasteiger partial charge in [-0.15, -0.1) is 0 Å². The molecule has 2 atom stereocenters. The molecule has 0 spiro atoms. The van der Waals surface area contributed by atoms with E-state index in [1.807, 2.05) is 27.0 Å². The first-order valence-corrected chi connectivity index (χ1v) is 9.61. The lowest BCUT2D eigenvalue weighted by atomic mass is 10.0. The number of fused-ring (bicyclic) bond motifs is 1. The van der Waals surface area contributed by atoms with Gasteiger partial charge in [-0.1, -0.05) is 20.8 Å². The molecule has 1 saturated heterocycles. The van der Waals surface area contributed by atoms with Crippen molar-refractivity contribution < 1.29 is 19.1 Å². The minimum absolute atomic E-state index is 0.169. The number of ether oxygens (including phenoxy) is 1. The summed E-state index contributed by atoms with van der Waals surface area (Å²) in [5, 5.41) is 5.49. The van der Waals surface area contributed by atoms with E-state index in [1.54, 1.807) is 17.0 Å². The smallest absolute Gasteiger partial charge is 0.255 e. The van der Waals surface area contributed by atoms with Crippen LogP contribution in [0, 0.1) is 0 Å². The Hall–Kier alpha value is -2.41. The molecule has 1 aromatic carbocycles. The van der Waals surface area contributed by atoms with Crippen LogP contribution in [0.4, 0.5) is 0 Å². The van der Waals surface area contributed by atoms with Gasteiger partial charge in [-0.25, -0.2) is 0 Å². The van der Waals surface area contributed by atoms with E-state index in [1.165, 1.54) is 0 Å². The summed E-state index contributed by atoms with van der Waals surface area (Å²) in [5.74, 6) is -0.132. The van der Waals surface area contributed by atoms with Gasteiger partial charge in [-0.05, 0) is 43.7 Å². The second-order valence-corrected chi connectivity index (χ2v) is 6.42. The van der Waals surface area contributed by atoms with Crippen LogP contribution in [0.2, 0.25) is 0 Å². The fourth-order valence-electron chi connectivity index (χ4n) is 3.24. The van der Waals surface area contributed by atoms with Crippen LogP contribution in [0.3, 0.4) is 0 Å². The molecule has 7 heteroatoms. The number of carbonyl (C=O) groups excluding carboxylic acids is 3. The van der Waals surface area contributed by atoms with Crippen molar-refractivity contribution in [2.45, 2.75) is 58.7 Å². The molecular weight excluding hydrogens is 346 g/mol. The highest BCUT2D eigenvalue weighted by atomic mass is 16.5. The molecule has 0 aliphatic carbocycles. The molecule has 0 aromatic heterocycles. The zero-order chi connectivity index (χ0) is 20.0. The predicted octanol–water partition coefficient (Wildman–Crippen LogP) is 1.85. The minimum atomic E-state index is -0.587. The Labute approximate surface area is 160 Å². The topological polar surface area (TPSA) is 87.7 Å². The summed E-state index contributed by atoms with van der Waals surface area (Å²) in [6.45, 7) is 7.00. The van der Waals surface area contributed by atoms with Crippen molar-refractivity contribution in [1.82, 2.24) is 15.5 Å². The summed E-state index contributed by atoms with van der Waals surface area (Å²) in [5.41, 5.74) is 1.45. The normalized spacial score (nSPS) is 19.8. The molecule has 0 saturated carbocycles. The Kier molecular flexibility index (Phi) is 7.36. The minimum Gasteiger partial charge on any atom is -0.492 e. The van der Waals surface area contributed by atoms with Crippen LogP contribution in [-0.2, 0) is 16.1 Å². The monoisotopic (exact) mass is 375 g/mol. The number of nitrogens with zero attached hydrogens (tertiary/aromatic N) is 1. The molecule has 27 heavy (non-hydrogen) atoms. The Morgan fingerprint density at radius 1 is 1.30 bits per heavy atom. The maximum atomic E-state index is 12.6. The molecule has 0 bridgehead atoms. The summed E-state index contributed by atoms with van der Waals surface area (Å²) in [6, 6.07) is 5.08. The SMILES string of the molecule is CC.CCC(COc1ccc2c(c1)CN(C1CCC(=O)NC1=O)C2=O)NC. The number of benzene rings is 1. The molecule has 2 aliphatic rings. The Morgan fingerprint density at radius 3 is 2.67 bits per heavy atom. The number of imide groups is 1. The number of nitrogens with one attached hydrogen (secondary N) is 2. The fraction of sp³-hybridized carbons (Fsp3) is 0.550. The third-order valence-electron chi connectivity index (χ3n) is 4.85. The van der Waals surface area contributed by atoms with Gasteiger partial charge >= 0.3 is 0 Å². The quantitative estimate of drug-likeness (QED) is 0.741. The lowest BCUT2D eigenvalue weighted by Crippen LogP contribution is -2.52. The average Bonchev–Trinajstić information content (AvgIpc) is 3.00. The van der Waals surface area contributed by atoms with Crippen molar-refractivity contribution in [3.63, 3.8) is 0 Å². The van der Waals surface area contributed by atoms with Crippen molar-refractivity contribution in [3.05, 3.63) is 29.3 Å². The second kappa shape index (κ2) is 9.50. The van der Waals surface area contributed by atoms with Crippen molar-refractivity contribution >= 4 is 17.7 Å². The molecule has 3 rings (SSSR count). The number of hydrogen-bond donors (Lipinski definition) is 2. The summed E-state index contributed by atoms with van der Waals surface area (Å²) in [4.78, 5) is 37.5. The van der Waals surface area contributed by atoms with Crippen LogP contribution in [-0.4, -0.2) is 48.4 Å². The molecule has 3 amide bonds. The van der Waals surface area contributed by atoms with E-state index in [9.17, 15) is 14.4 Å². The number of hydrogen-bond acceptors (Lipinski definition) is 5. The number of likely N-dealkylation sites (N-methyl/N-ethyl adjacent to an activating group) is 1. The van der Waals surface area contributed by atoms with Crippen LogP contribution < -0.4 is 15.4 Å². The summed E-state index contributed by atoms with van der Waals surface area (Å²) in [7, 11) is 1.90. The molecule has 2 unspecified atom stereocenters. The van der Waals surface area contributed by atoms with E-state index in [0.717, 1.165) is 12.0 Å². The van der Waals surface area contributed by atoms with Gasteiger partial charge in [0, 0.05) is 24.6 Å². The Balaban J connectivity index is 0.00000126. The van der Waals surface area contributed by atoms with Gasteiger partial charge in [0.05, 0.1) is 0 Å². The van der Waals surface area contributed by atoms with E-state index < -0.39 is 11.9 Å². The van der Waals surface area contributed by atoms with Crippen molar-refractivity contribution in [2.75, 3.05) is 13.7 Å². The van der Waals surface area contributed by atoms with Crippen LogP contribution in [0.15, 0.2) is 18.2 Å². The first-order chi connectivity index (χ1) is 13.0. The molecule has 2 heterocycles. The molecule has 7 nitrogen and oxygen atoms in total. The summed E-state index contributed by atoms with van der Waals surface area (Å²) < 4.78 is 5.81. The number of piperidine rings is 1. The predicted molar refractivity (Wildman–Crippen MR) is 102 cm³/mol. The maximum absolute atomic E-state index is 12.6. The standard InChI is InChI=1S/C18H23N3O4.C2H6/c1-3-12(19-2)10-25-13-4-5-14-11(8-13)9-21(18(14)24)15-6-7-16(22)20-17(15)23;1-2/h4-5,8,12,15,19H,3,6-7,9-10H2,1-2H3,(H,20,22,23);1-2H3. The number of carbonyl (C=O) groups is 3. The van der Waals surface area contributed by atoms with Gasteiger partial charge in [0.15, 0.2) is 0 Å². The van der Waals surface area contributed by atoms with Gasteiger partial charge in [0.1, 0.15) is 18.4 Å². The van der Waals surface area contributed by atoms with E-state index in [2.05, 4.69) is 17.6 Å². The highest BCUT2D eigenvalue weighted by Gasteiger charge is 2.39. The Morgan fingerprint density at radius 2 is 2.04 bits per heavy atom. The van der Waals surface area contributed by atoms with Gasteiger partial charge in [0.2, 0.25) is 11.8 Å². The maximum Gasteiger partial charge on any atom is 0.255 e. The first kappa shape index (κ1) is 20.9. The lowest BCUT2D eigenvalue weighted by molar-refractivity contribution is -0.136. The van der Waals surface area contributed by atoms with Gasteiger partial charge in [-0.2, -0.15) is 0 Å². The molecular formula is C20H29N3O4. The number of amides is 3. The third-order valence-corrected chi connectivity index (χ3v) is 4.85. The molecule has 2 N–H and O–H groups in total. The van der Waals surface area contributed by atoms with E-state index >= 15 is 0 Å². The van der Waals surface area contributed by atoms with Crippen molar-refractivity contribution in [1.29, 1.82) is 0 Å². The molecule has 1 aromatic rings. The lowest BCUT2D eigenvalue weighted by Gasteiger charge is -2.29. The highest BCUT2D eigenvalue weighted by Crippen LogP contribution is 2.30. The van der Waals surface area contributed by atoms with Gasteiger partial charge in [0.25, 0.3) is 5.91 Å². The highest BCUT2D eigenvalue weighted by molar-refractivity contribution is 6.05. The fourth-order valence-corrected chi connectivity index (χ4v) is 3.24. The molecule has 148 valence electrons. The van der Waals surface area contributed by atoms with Crippen LogP contribution in [0.1, 0.15) is 56.0 Å². The number of rotatable bonds is 6. The molecule has 0 radical (unpaired) electrons. The largest absolute Gasteiger partial charge is 0.492 e. The van der Waals surface area contributed by atoms with Crippen LogP contribution >= 0.6 is 0 Å². The average molecular weight is 375 g/mol. The van der Waals surface area contributed by atoms with Crippen molar-refractivity contribution in [3.8, 4) is 5.75 Å². The molecule has 1 fully saturated rings. The molecule has 2 aliphatic heterocycles. The van der Waals surface area contributed by atoms with Gasteiger partial charge < -0.3 is 15.0 Å². The Bertz CT molecular complexity index is 700. The van der Waals surface area contributed by atoms with E-state index in [4.69, 9.17) is 4.74 Å². The second-order valence-electron chi connectivity index (χ2n) is 6.42. The van der Waals surface area contributed by atoms with Gasteiger partial charge in [-0.3, -0.25) is 19.7 Å². The first-order valence-electron chi connectivity index (χ1n) is 9.61. The van der Waals surface area contributed by atoms with E-state index in [0.29, 0.717) is 30.9 Å². The van der Waals surface area contributed by atoms with Crippen LogP contribution in [0.5, 0.6) is 5.75 Å². The zero-order valence-electron chi connectivity index (χ0n) is 16.5.